The number of rotatable bonds is 5. The number of thiazole rings is 1. The van der Waals surface area contributed by atoms with Crippen LogP contribution in [-0.2, 0) is 12.8 Å². The minimum atomic E-state index is -0.0671. The van der Waals surface area contributed by atoms with Gasteiger partial charge in [-0.15, -0.1) is 11.3 Å². The number of amides is 2. The van der Waals surface area contributed by atoms with Crippen LogP contribution in [0.3, 0.4) is 0 Å². The molecule has 2 heterocycles. The van der Waals surface area contributed by atoms with Crippen LogP contribution in [0, 0.1) is 0 Å². The van der Waals surface area contributed by atoms with E-state index in [0.717, 1.165) is 42.9 Å². The van der Waals surface area contributed by atoms with Gasteiger partial charge in [0.25, 0.3) is 0 Å². The van der Waals surface area contributed by atoms with Gasteiger partial charge in [-0.2, -0.15) is 0 Å². The summed E-state index contributed by atoms with van der Waals surface area (Å²) in [5.41, 5.74) is 1.04. The molecule has 19 heavy (non-hydrogen) atoms. The van der Waals surface area contributed by atoms with Gasteiger partial charge in [-0.3, -0.25) is 0 Å². The Morgan fingerprint density at radius 3 is 3.21 bits per heavy atom. The van der Waals surface area contributed by atoms with Gasteiger partial charge >= 0.3 is 6.03 Å². The zero-order chi connectivity index (χ0) is 13.7. The molecular formula is C13H21N3O2S. The molecule has 5 nitrogen and oxygen atoms in total. The van der Waals surface area contributed by atoms with Crippen LogP contribution in [0.1, 0.15) is 30.5 Å². The summed E-state index contributed by atoms with van der Waals surface area (Å²) in [4.78, 5) is 18.2. The van der Waals surface area contributed by atoms with Crippen LogP contribution in [0.5, 0.6) is 0 Å². The third kappa shape index (κ3) is 3.67. The molecule has 0 aromatic carbocycles. The number of aliphatic hydroxyl groups excluding tert-OH is 1. The third-order valence-corrected chi connectivity index (χ3v) is 4.45. The summed E-state index contributed by atoms with van der Waals surface area (Å²) in [6, 6.07) is -0.0755. The normalized spacial score (nSPS) is 18.8. The van der Waals surface area contributed by atoms with Crippen molar-refractivity contribution < 1.29 is 9.90 Å². The third-order valence-electron chi connectivity index (χ3n) is 3.41. The monoisotopic (exact) mass is 283 g/mol. The van der Waals surface area contributed by atoms with Gasteiger partial charge in [-0.25, -0.2) is 9.78 Å². The molecule has 106 valence electrons. The summed E-state index contributed by atoms with van der Waals surface area (Å²) in [5, 5.41) is 15.3. The second-order valence-electron chi connectivity index (χ2n) is 4.74. The number of carbonyl (C=O) groups is 1. The molecule has 1 aliphatic rings. The van der Waals surface area contributed by atoms with E-state index in [1.165, 1.54) is 0 Å². The van der Waals surface area contributed by atoms with Crippen molar-refractivity contribution in [1.29, 1.82) is 0 Å². The van der Waals surface area contributed by atoms with E-state index in [-0.39, 0.29) is 18.7 Å². The van der Waals surface area contributed by atoms with Crippen molar-refractivity contribution in [3.8, 4) is 0 Å². The first kappa shape index (κ1) is 14.3. The lowest BCUT2D eigenvalue weighted by Gasteiger charge is -2.23. The predicted molar refractivity (Wildman–Crippen MR) is 75.4 cm³/mol. The van der Waals surface area contributed by atoms with E-state index in [1.807, 2.05) is 0 Å². The van der Waals surface area contributed by atoms with Crippen LogP contribution in [0.2, 0.25) is 0 Å². The van der Waals surface area contributed by atoms with Gasteiger partial charge in [0.05, 0.1) is 23.4 Å². The number of nitrogens with one attached hydrogen (secondary N) is 1. The number of carbonyl (C=O) groups excluding carboxylic acids is 1. The van der Waals surface area contributed by atoms with E-state index >= 15 is 0 Å². The molecule has 0 spiro atoms. The zero-order valence-corrected chi connectivity index (χ0v) is 12.1. The maximum absolute atomic E-state index is 12.0. The van der Waals surface area contributed by atoms with Gasteiger partial charge in [0, 0.05) is 24.9 Å². The maximum Gasteiger partial charge on any atom is 0.317 e. The Hall–Kier alpha value is -1.14. The molecule has 6 heteroatoms. The van der Waals surface area contributed by atoms with E-state index < -0.39 is 0 Å². The van der Waals surface area contributed by atoms with E-state index in [4.69, 9.17) is 0 Å². The van der Waals surface area contributed by atoms with Gasteiger partial charge in [-0.05, 0) is 19.3 Å². The highest BCUT2D eigenvalue weighted by Gasteiger charge is 2.27. The number of likely N-dealkylation sites (tertiary alicyclic amines) is 1. The molecule has 2 rings (SSSR count). The van der Waals surface area contributed by atoms with Crippen LogP contribution in [0.25, 0.3) is 0 Å². The highest BCUT2D eigenvalue weighted by Crippen LogP contribution is 2.16. The van der Waals surface area contributed by atoms with Crippen molar-refractivity contribution in [2.24, 2.45) is 0 Å². The highest BCUT2D eigenvalue weighted by atomic mass is 32.1. The standard InChI is InChI=1S/C13H21N3O2S/c1-2-12-15-10(9-19-12)5-6-14-13(18)16-7-3-4-11(16)8-17/h9,11,17H,2-8H2,1H3,(H,14,18). The van der Waals surface area contributed by atoms with Crippen LogP contribution < -0.4 is 5.32 Å². The lowest BCUT2D eigenvalue weighted by Crippen LogP contribution is -2.44. The summed E-state index contributed by atoms with van der Waals surface area (Å²) in [7, 11) is 0. The largest absolute Gasteiger partial charge is 0.394 e. The first-order valence-electron chi connectivity index (χ1n) is 6.83. The number of aryl methyl sites for hydroxylation is 1. The molecule has 1 unspecified atom stereocenters. The number of hydrogen-bond donors (Lipinski definition) is 2. The molecule has 0 saturated carbocycles. The number of aliphatic hydroxyl groups is 1. The van der Waals surface area contributed by atoms with Crippen molar-refractivity contribution in [2.45, 2.75) is 38.6 Å². The summed E-state index contributed by atoms with van der Waals surface area (Å²) < 4.78 is 0. The Kier molecular flexibility index (Phi) is 5.15. The highest BCUT2D eigenvalue weighted by molar-refractivity contribution is 7.09. The molecule has 0 bridgehead atoms. The van der Waals surface area contributed by atoms with Gasteiger partial charge in [0.15, 0.2) is 0 Å². The van der Waals surface area contributed by atoms with Crippen molar-refractivity contribution in [3.05, 3.63) is 16.1 Å². The molecule has 0 aliphatic carbocycles. The fraction of sp³-hybridized carbons (Fsp3) is 0.692. The molecular weight excluding hydrogens is 262 g/mol. The molecule has 1 aromatic heterocycles. The molecule has 1 aromatic rings. The van der Waals surface area contributed by atoms with Crippen molar-refractivity contribution in [2.75, 3.05) is 19.7 Å². The number of hydrogen-bond acceptors (Lipinski definition) is 4. The number of aromatic nitrogens is 1. The molecule has 1 atom stereocenters. The fourth-order valence-electron chi connectivity index (χ4n) is 2.32. The maximum atomic E-state index is 12.0. The average Bonchev–Trinajstić information content (AvgIpc) is 3.06. The van der Waals surface area contributed by atoms with Crippen molar-refractivity contribution in [1.82, 2.24) is 15.2 Å². The lowest BCUT2D eigenvalue weighted by atomic mass is 10.2. The van der Waals surface area contributed by atoms with Crippen molar-refractivity contribution >= 4 is 17.4 Å². The average molecular weight is 283 g/mol. The van der Waals surface area contributed by atoms with Crippen LogP contribution in [0.4, 0.5) is 4.79 Å². The zero-order valence-electron chi connectivity index (χ0n) is 11.3. The van der Waals surface area contributed by atoms with Gasteiger partial charge < -0.3 is 15.3 Å². The first-order valence-corrected chi connectivity index (χ1v) is 7.71. The Morgan fingerprint density at radius 2 is 2.53 bits per heavy atom. The summed E-state index contributed by atoms with van der Waals surface area (Å²) in [6.07, 6.45) is 3.60. The SMILES string of the molecule is CCc1nc(CCNC(=O)N2CCCC2CO)cs1. The van der Waals surface area contributed by atoms with Gasteiger partial charge in [0.2, 0.25) is 0 Å². The Labute approximate surface area is 117 Å². The molecule has 1 fully saturated rings. The number of nitrogens with zero attached hydrogens (tertiary/aromatic N) is 2. The Bertz CT molecular complexity index is 422. The van der Waals surface area contributed by atoms with Gasteiger partial charge in [-0.1, -0.05) is 6.92 Å². The molecule has 2 N–H and O–H groups in total. The molecule has 0 radical (unpaired) electrons. The Balaban J connectivity index is 1.74. The van der Waals surface area contributed by atoms with Crippen LogP contribution >= 0.6 is 11.3 Å². The summed E-state index contributed by atoms with van der Waals surface area (Å²) >= 11 is 1.67. The van der Waals surface area contributed by atoms with E-state index in [1.54, 1.807) is 16.2 Å². The van der Waals surface area contributed by atoms with E-state index in [9.17, 15) is 9.90 Å². The van der Waals surface area contributed by atoms with E-state index in [0.29, 0.717) is 6.54 Å². The minimum absolute atomic E-state index is 0.00836. The van der Waals surface area contributed by atoms with E-state index in [2.05, 4.69) is 22.6 Å². The minimum Gasteiger partial charge on any atom is -0.394 e. The van der Waals surface area contributed by atoms with Gasteiger partial charge in [0.1, 0.15) is 0 Å². The molecule has 2 amide bonds. The quantitative estimate of drug-likeness (QED) is 0.859. The molecule has 1 saturated heterocycles. The number of urea groups is 1. The second kappa shape index (κ2) is 6.86. The van der Waals surface area contributed by atoms with Crippen LogP contribution in [0.15, 0.2) is 5.38 Å². The topological polar surface area (TPSA) is 65.5 Å². The fourth-order valence-corrected chi connectivity index (χ4v) is 3.10. The Morgan fingerprint density at radius 1 is 1.68 bits per heavy atom. The summed E-state index contributed by atoms with van der Waals surface area (Å²) in [5.74, 6) is 0. The summed E-state index contributed by atoms with van der Waals surface area (Å²) in [6.45, 7) is 3.49. The predicted octanol–water partition coefficient (Wildman–Crippen LogP) is 1.41. The first-order chi connectivity index (χ1) is 9.24. The second-order valence-corrected chi connectivity index (χ2v) is 5.68. The smallest absolute Gasteiger partial charge is 0.317 e. The lowest BCUT2D eigenvalue weighted by molar-refractivity contribution is 0.157. The van der Waals surface area contributed by atoms with Crippen LogP contribution in [-0.4, -0.2) is 46.8 Å². The van der Waals surface area contributed by atoms with Crippen molar-refractivity contribution in [3.63, 3.8) is 0 Å². The molecule has 1 aliphatic heterocycles.